The van der Waals surface area contributed by atoms with Gasteiger partial charge in [0.25, 0.3) is 0 Å². The summed E-state index contributed by atoms with van der Waals surface area (Å²) >= 11 is 0. The number of pyridine rings is 2. The number of halogens is 1. The SMILES string of the molecule is O.[2H]C1([2H])NC([2H])([2H])C([2H])([2H])N(c2nc3c(cc2F)c(=O)c(C(=O)O)cn3CC)C1([2H])[2H]. The molecule has 130 valence electrons. The fourth-order valence-electron chi connectivity index (χ4n) is 2.16. The number of aromatic carboxylic acids is 1. The quantitative estimate of drug-likeness (QED) is 0.797. The van der Waals surface area contributed by atoms with E-state index in [1.54, 1.807) is 12.2 Å². The minimum Gasteiger partial charge on any atom is -0.477 e. The van der Waals surface area contributed by atoms with E-state index >= 15 is 4.39 Å². The van der Waals surface area contributed by atoms with Crippen LogP contribution < -0.4 is 15.6 Å². The van der Waals surface area contributed by atoms with Crippen molar-refractivity contribution in [2.24, 2.45) is 0 Å². The van der Waals surface area contributed by atoms with E-state index in [1.807, 2.05) is 0 Å². The molecule has 0 bridgehead atoms. The Kier molecular flexibility index (Phi) is 2.80. The summed E-state index contributed by atoms with van der Waals surface area (Å²) in [5, 5.41) is 10.4. The predicted octanol–water partition coefficient (Wildman–Crippen LogP) is -0.161. The molecule has 2 aromatic heterocycles. The molecule has 0 atom stereocenters. The molecule has 3 rings (SSSR count). The number of anilines is 1. The van der Waals surface area contributed by atoms with E-state index in [9.17, 15) is 14.7 Å². The predicted molar refractivity (Wildman–Crippen MR) is 87.3 cm³/mol. The number of hydrogen-bond acceptors (Lipinski definition) is 5. The summed E-state index contributed by atoms with van der Waals surface area (Å²) in [6.45, 7) is -11.4. The molecular weight excluding hydrogens is 319 g/mol. The average Bonchev–Trinajstić information content (AvgIpc) is 2.60. The van der Waals surface area contributed by atoms with Crippen molar-refractivity contribution in [3.05, 3.63) is 33.9 Å². The lowest BCUT2D eigenvalue weighted by atomic mass is 10.2. The van der Waals surface area contributed by atoms with Crippen molar-refractivity contribution in [3.63, 3.8) is 0 Å². The van der Waals surface area contributed by atoms with Gasteiger partial charge in [-0.25, -0.2) is 14.2 Å². The lowest BCUT2D eigenvalue weighted by Gasteiger charge is -2.29. The van der Waals surface area contributed by atoms with Gasteiger partial charge in [0.2, 0.25) is 5.43 Å². The van der Waals surface area contributed by atoms with Gasteiger partial charge in [-0.15, -0.1) is 0 Å². The normalized spacial score (nSPS) is 27.8. The molecule has 9 heteroatoms. The third kappa shape index (κ3) is 2.95. The van der Waals surface area contributed by atoms with E-state index in [2.05, 4.69) is 4.98 Å². The van der Waals surface area contributed by atoms with Crippen LogP contribution in [0.3, 0.4) is 0 Å². The number of nitrogens with zero attached hydrogens (tertiary/aromatic N) is 3. The van der Waals surface area contributed by atoms with E-state index in [0.717, 1.165) is 10.8 Å². The fourth-order valence-corrected chi connectivity index (χ4v) is 2.16. The number of fused-ring (bicyclic) bond motifs is 1. The Morgan fingerprint density at radius 3 is 2.75 bits per heavy atom. The van der Waals surface area contributed by atoms with Crippen molar-refractivity contribution < 1.29 is 30.7 Å². The van der Waals surface area contributed by atoms with Gasteiger partial charge in [-0.2, -0.15) is 0 Å². The number of piperazine rings is 1. The summed E-state index contributed by atoms with van der Waals surface area (Å²) in [7, 11) is 0. The minimum atomic E-state index is -3.33. The standard InChI is InChI=1S/C15H17FN4O3.H2O/c1-2-19-8-10(15(22)23)12(21)9-7-11(16)14(18-13(9)19)20-5-3-17-4-6-20;/h7-8,17H,2-6H2,1H3,(H,22,23);1H2/i3D2,4D2,5D2,6D2;. The fraction of sp³-hybridized carbons (Fsp3) is 0.400. The van der Waals surface area contributed by atoms with E-state index < -0.39 is 60.0 Å². The van der Waals surface area contributed by atoms with Gasteiger partial charge in [-0.3, -0.25) is 4.79 Å². The van der Waals surface area contributed by atoms with Gasteiger partial charge >= 0.3 is 5.97 Å². The van der Waals surface area contributed by atoms with Crippen molar-refractivity contribution in [3.8, 4) is 0 Å². The monoisotopic (exact) mass is 346 g/mol. The molecule has 1 saturated heterocycles. The second-order valence-electron chi connectivity index (χ2n) is 4.56. The van der Waals surface area contributed by atoms with Crippen LogP contribution in [0.1, 0.15) is 28.2 Å². The largest absolute Gasteiger partial charge is 0.477 e. The number of nitrogens with one attached hydrogen (secondary N) is 1. The van der Waals surface area contributed by atoms with Crippen LogP contribution >= 0.6 is 0 Å². The van der Waals surface area contributed by atoms with Gasteiger partial charge in [-0.1, -0.05) is 0 Å². The molecule has 0 saturated carbocycles. The van der Waals surface area contributed by atoms with Crippen LogP contribution in [0.5, 0.6) is 0 Å². The number of carbonyl (C=O) groups is 1. The van der Waals surface area contributed by atoms with Gasteiger partial charge < -0.3 is 25.4 Å². The van der Waals surface area contributed by atoms with Crippen molar-refractivity contribution in [2.75, 3.05) is 30.9 Å². The molecule has 3 heterocycles. The summed E-state index contributed by atoms with van der Waals surface area (Å²) in [4.78, 5) is 27.5. The lowest BCUT2D eigenvalue weighted by molar-refractivity contribution is 0.0695. The summed E-state index contributed by atoms with van der Waals surface area (Å²) in [6, 6.07) is 0.554. The van der Waals surface area contributed by atoms with Crippen LogP contribution in [0.15, 0.2) is 17.1 Å². The molecule has 0 amide bonds. The number of rotatable bonds is 3. The van der Waals surface area contributed by atoms with E-state index in [4.69, 9.17) is 11.0 Å². The Morgan fingerprint density at radius 2 is 2.17 bits per heavy atom. The Bertz CT molecular complexity index is 1130. The number of aryl methyl sites for hydroxylation is 1. The minimum absolute atomic E-state index is 0. The van der Waals surface area contributed by atoms with Crippen molar-refractivity contribution in [1.29, 1.82) is 0 Å². The van der Waals surface area contributed by atoms with Gasteiger partial charge in [0.05, 0.1) is 10.9 Å². The Labute approximate surface area is 148 Å². The van der Waals surface area contributed by atoms with Gasteiger partial charge in [0.1, 0.15) is 11.2 Å². The highest BCUT2D eigenvalue weighted by Crippen LogP contribution is 2.21. The maximum atomic E-state index is 15.0. The zero-order valence-corrected chi connectivity index (χ0v) is 12.3. The first kappa shape index (κ1) is 9.70. The topological polar surface area (TPSA) is 119 Å². The Morgan fingerprint density at radius 1 is 1.50 bits per heavy atom. The highest BCUT2D eigenvalue weighted by atomic mass is 19.1. The summed E-state index contributed by atoms with van der Waals surface area (Å²) in [5.74, 6) is -4.10. The summed E-state index contributed by atoms with van der Waals surface area (Å²) < 4.78 is 79.8. The number of hydrogen-bond donors (Lipinski definition) is 2. The Hall–Kier alpha value is -2.52. The summed E-state index contributed by atoms with van der Waals surface area (Å²) in [5.41, 5.74) is -2.04. The molecule has 2 aromatic rings. The lowest BCUT2D eigenvalue weighted by Crippen LogP contribution is -2.44. The molecule has 0 radical (unpaired) electrons. The van der Waals surface area contributed by atoms with E-state index in [-0.39, 0.29) is 22.6 Å². The van der Waals surface area contributed by atoms with Gasteiger partial charge in [-0.05, 0) is 13.0 Å². The summed E-state index contributed by atoms with van der Waals surface area (Å²) in [6.07, 6.45) is 0.946. The molecule has 0 spiro atoms. The van der Waals surface area contributed by atoms with Crippen molar-refractivity contribution in [2.45, 2.75) is 13.5 Å². The van der Waals surface area contributed by atoms with E-state index in [1.165, 1.54) is 0 Å². The Balaban J connectivity index is 0.00000363. The molecule has 0 unspecified atom stereocenters. The highest BCUT2D eigenvalue weighted by molar-refractivity contribution is 5.92. The second kappa shape index (κ2) is 6.93. The second-order valence-corrected chi connectivity index (χ2v) is 4.56. The molecule has 1 fully saturated rings. The van der Waals surface area contributed by atoms with Gasteiger partial charge in [0, 0.05) is 44.2 Å². The van der Waals surface area contributed by atoms with Crippen LogP contribution in [0.4, 0.5) is 10.2 Å². The molecular formula is C15H19FN4O4. The molecule has 24 heavy (non-hydrogen) atoms. The van der Waals surface area contributed by atoms with E-state index in [0.29, 0.717) is 6.07 Å². The molecule has 8 nitrogen and oxygen atoms in total. The third-order valence-electron chi connectivity index (χ3n) is 3.23. The number of aromatic nitrogens is 2. The molecule has 1 aliphatic rings. The maximum Gasteiger partial charge on any atom is 0.341 e. The van der Waals surface area contributed by atoms with Gasteiger partial charge in [0.15, 0.2) is 11.6 Å². The van der Waals surface area contributed by atoms with Crippen LogP contribution in [0, 0.1) is 5.82 Å². The molecule has 0 aliphatic carbocycles. The van der Waals surface area contributed by atoms with Crippen molar-refractivity contribution in [1.82, 2.24) is 14.9 Å². The molecule has 4 N–H and O–H groups in total. The first-order valence-electron chi connectivity index (χ1n) is 10.6. The number of carboxylic acids is 1. The van der Waals surface area contributed by atoms with Crippen molar-refractivity contribution >= 4 is 22.8 Å². The first-order chi connectivity index (χ1) is 14.0. The number of carboxylic acid groups (broad SMARTS) is 1. The molecule has 0 aromatic carbocycles. The van der Waals surface area contributed by atoms with Crippen LogP contribution in [0.25, 0.3) is 11.0 Å². The highest BCUT2D eigenvalue weighted by Gasteiger charge is 2.21. The van der Waals surface area contributed by atoms with Crippen LogP contribution in [-0.2, 0) is 6.54 Å². The zero-order valence-electron chi connectivity index (χ0n) is 20.3. The smallest absolute Gasteiger partial charge is 0.341 e. The maximum absolute atomic E-state index is 15.0. The average molecular weight is 346 g/mol. The molecule has 1 aliphatic heterocycles. The van der Waals surface area contributed by atoms with Crippen LogP contribution in [0.2, 0.25) is 0 Å². The van der Waals surface area contributed by atoms with Crippen LogP contribution in [-0.4, -0.2) is 52.1 Å². The zero-order chi connectivity index (χ0) is 23.7. The first-order valence-corrected chi connectivity index (χ1v) is 6.56. The third-order valence-corrected chi connectivity index (χ3v) is 3.23.